The van der Waals surface area contributed by atoms with E-state index in [1.54, 1.807) is 4.90 Å². The van der Waals surface area contributed by atoms with Crippen LogP contribution in [0.15, 0.2) is 48.5 Å². The molecule has 2 N–H and O–H groups in total. The summed E-state index contributed by atoms with van der Waals surface area (Å²) in [5.41, 5.74) is 4.72. The number of amides is 2. The average Bonchev–Trinajstić information content (AvgIpc) is 3.13. The van der Waals surface area contributed by atoms with Gasteiger partial charge >= 0.3 is 12.1 Å². The van der Waals surface area contributed by atoms with E-state index in [4.69, 9.17) is 9.84 Å². The largest absolute Gasteiger partial charge is 0.481 e. The van der Waals surface area contributed by atoms with Gasteiger partial charge in [-0.05, 0) is 40.5 Å². The molecule has 1 saturated heterocycles. The molecule has 2 amide bonds. The molecule has 1 aliphatic carbocycles. The molecule has 180 valence electrons. The van der Waals surface area contributed by atoms with E-state index >= 15 is 0 Å². The van der Waals surface area contributed by atoms with E-state index in [2.05, 4.69) is 29.6 Å². The molecule has 0 aromatic heterocycles. The quantitative estimate of drug-likeness (QED) is 0.548. The van der Waals surface area contributed by atoms with Crippen LogP contribution in [0.3, 0.4) is 0 Å². The Bertz CT molecular complexity index is 1000. The normalized spacial score (nSPS) is 15.7. The van der Waals surface area contributed by atoms with Crippen molar-refractivity contribution in [3.8, 4) is 11.1 Å². The molecule has 0 saturated carbocycles. The standard InChI is InChI=1S/C27H32N2O5/c1-2-18(13-25(30)29-15-19(16-29)11-12-26(31)32)14-28-27(33)34-17-24-22-9-5-3-7-20(22)21-8-4-6-10-23(21)24/h3-10,18-19,24H,2,11-17H2,1H3,(H,28,33)(H,31,32). The van der Waals surface area contributed by atoms with E-state index in [9.17, 15) is 14.4 Å². The van der Waals surface area contributed by atoms with Crippen LogP contribution >= 0.6 is 0 Å². The van der Waals surface area contributed by atoms with Crippen LogP contribution in [0.5, 0.6) is 0 Å². The molecule has 0 bridgehead atoms. The lowest BCUT2D eigenvalue weighted by atomic mass is 9.93. The first kappa shape index (κ1) is 23.8. The van der Waals surface area contributed by atoms with Gasteiger partial charge < -0.3 is 20.1 Å². The monoisotopic (exact) mass is 464 g/mol. The summed E-state index contributed by atoms with van der Waals surface area (Å²) in [4.78, 5) is 37.4. The second-order valence-electron chi connectivity index (χ2n) is 9.28. The fraction of sp³-hybridized carbons (Fsp3) is 0.444. The predicted octanol–water partition coefficient (Wildman–Crippen LogP) is 4.26. The van der Waals surface area contributed by atoms with E-state index in [-0.39, 0.29) is 36.7 Å². The number of alkyl carbamates (subject to hydrolysis) is 1. The third-order valence-corrected chi connectivity index (χ3v) is 7.00. The molecule has 1 atom stereocenters. The van der Waals surface area contributed by atoms with Crippen LogP contribution in [0, 0.1) is 11.8 Å². The zero-order valence-corrected chi connectivity index (χ0v) is 19.5. The third-order valence-electron chi connectivity index (χ3n) is 7.00. The van der Waals surface area contributed by atoms with Crippen molar-refractivity contribution in [2.24, 2.45) is 11.8 Å². The van der Waals surface area contributed by atoms with E-state index < -0.39 is 12.1 Å². The Kier molecular flexibility index (Phi) is 7.50. The SMILES string of the molecule is CCC(CNC(=O)OCC1c2ccccc2-c2ccccc21)CC(=O)N1CC(CCC(=O)O)C1. The van der Waals surface area contributed by atoms with Crippen LogP contribution in [0.1, 0.15) is 49.7 Å². The minimum atomic E-state index is -0.796. The van der Waals surface area contributed by atoms with Crippen LogP contribution in [0.25, 0.3) is 11.1 Å². The maximum atomic E-state index is 12.5. The maximum absolute atomic E-state index is 12.5. The van der Waals surface area contributed by atoms with Gasteiger partial charge in [-0.25, -0.2) is 4.79 Å². The summed E-state index contributed by atoms with van der Waals surface area (Å²) in [5.74, 6) is -0.407. The van der Waals surface area contributed by atoms with Gasteiger partial charge in [-0.15, -0.1) is 0 Å². The van der Waals surface area contributed by atoms with E-state index in [1.165, 1.54) is 22.3 Å². The lowest BCUT2D eigenvalue weighted by molar-refractivity contribution is -0.140. The van der Waals surface area contributed by atoms with Crippen molar-refractivity contribution in [3.63, 3.8) is 0 Å². The van der Waals surface area contributed by atoms with Gasteiger partial charge in [0.25, 0.3) is 0 Å². The Morgan fingerprint density at radius 2 is 1.68 bits per heavy atom. The van der Waals surface area contributed by atoms with Crippen molar-refractivity contribution in [1.82, 2.24) is 10.2 Å². The molecule has 0 radical (unpaired) electrons. The van der Waals surface area contributed by atoms with Crippen LogP contribution in [0.2, 0.25) is 0 Å². The zero-order chi connectivity index (χ0) is 24.1. The highest BCUT2D eigenvalue weighted by Gasteiger charge is 2.32. The first-order valence-electron chi connectivity index (χ1n) is 12.0. The Hall–Kier alpha value is -3.35. The molecular weight excluding hydrogens is 432 g/mol. The molecule has 2 aliphatic rings. The Labute approximate surface area is 200 Å². The lowest BCUT2D eigenvalue weighted by Crippen LogP contribution is -2.50. The van der Waals surface area contributed by atoms with Crippen molar-refractivity contribution in [2.75, 3.05) is 26.2 Å². The van der Waals surface area contributed by atoms with Crippen molar-refractivity contribution in [2.45, 2.75) is 38.5 Å². The van der Waals surface area contributed by atoms with Crippen molar-refractivity contribution in [3.05, 3.63) is 59.7 Å². The molecule has 34 heavy (non-hydrogen) atoms. The molecule has 1 heterocycles. The summed E-state index contributed by atoms with van der Waals surface area (Å²) < 4.78 is 5.59. The minimum absolute atomic E-state index is 0.0159. The smallest absolute Gasteiger partial charge is 0.407 e. The Balaban J connectivity index is 1.22. The van der Waals surface area contributed by atoms with E-state index in [0.29, 0.717) is 32.5 Å². The van der Waals surface area contributed by atoms with Crippen LogP contribution in [-0.4, -0.2) is 54.2 Å². The number of carbonyl (C=O) groups excluding carboxylic acids is 2. The molecule has 2 aromatic carbocycles. The molecule has 7 heteroatoms. The highest BCUT2D eigenvalue weighted by Crippen LogP contribution is 2.44. The number of aliphatic carboxylic acids is 1. The van der Waals surface area contributed by atoms with Crippen molar-refractivity contribution < 1.29 is 24.2 Å². The molecule has 2 aromatic rings. The molecule has 1 unspecified atom stereocenters. The first-order valence-corrected chi connectivity index (χ1v) is 12.0. The van der Waals surface area contributed by atoms with Gasteiger partial charge in [-0.3, -0.25) is 9.59 Å². The number of hydrogen-bond donors (Lipinski definition) is 2. The number of benzene rings is 2. The summed E-state index contributed by atoms with van der Waals surface area (Å²) >= 11 is 0. The highest BCUT2D eigenvalue weighted by atomic mass is 16.5. The summed E-state index contributed by atoms with van der Waals surface area (Å²) in [6, 6.07) is 16.4. The number of fused-ring (bicyclic) bond motifs is 3. The third kappa shape index (κ3) is 5.41. The number of carboxylic acid groups (broad SMARTS) is 1. The number of ether oxygens (including phenoxy) is 1. The second kappa shape index (κ2) is 10.7. The summed E-state index contributed by atoms with van der Waals surface area (Å²) in [7, 11) is 0. The van der Waals surface area contributed by atoms with Gasteiger partial charge in [0, 0.05) is 38.4 Å². The topological polar surface area (TPSA) is 95.9 Å². The second-order valence-corrected chi connectivity index (χ2v) is 9.28. The lowest BCUT2D eigenvalue weighted by Gasteiger charge is -2.40. The van der Waals surface area contributed by atoms with Gasteiger partial charge in [-0.1, -0.05) is 61.9 Å². The zero-order valence-electron chi connectivity index (χ0n) is 19.5. The van der Waals surface area contributed by atoms with E-state index in [0.717, 1.165) is 6.42 Å². The van der Waals surface area contributed by atoms with Crippen LogP contribution in [0.4, 0.5) is 4.79 Å². The number of carbonyl (C=O) groups is 3. The highest BCUT2D eigenvalue weighted by molar-refractivity contribution is 5.79. The van der Waals surface area contributed by atoms with Crippen molar-refractivity contribution >= 4 is 18.0 Å². The van der Waals surface area contributed by atoms with Gasteiger partial charge in [0.2, 0.25) is 5.91 Å². The van der Waals surface area contributed by atoms with E-state index in [1.807, 2.05) is 31.2 Å². The van der Waals surface area contributed by atoms with Crippen LogP contribution < -0.4 is 5.32 Å². The van der Waals surface area contributed by atoms with Gasteiger partial charge in [0.15, 0.2) is 0 Å². The molecule has 1 fully saturated rings. The number of nitrogens with one attached hydrogen (secondary N) is 1. The number of carboxylic acids is 1. The Morgan fingerprint density at radius 1 is 1.06 bits per heavy atom. The van der Waals surface area contributed by atoms with Gasteiger partial charge in [0.1, 0.15) is 6.61 Å². The minimum Gasteiger partial charge on any atom is -0.481 e. The van der Waals surface area contributed by atoms with Crippen molar-refractivity contribution in [1.29, 1.82) is 0 Å². The molecule has 7 nitrogen and oxygen atoms in total. The van der Waals surface area contributed by atoms with Gasteiger partial charge in [0.05, 0.1) is 0 Å². The fourth-order valence-corrected chi connectivity index (χ4v) is 4.90. The summed E-state index contributed by atoms with van der Waals surface area (Å²) in [6.07, 6.45) is 1.43. The molecular formula is C27H32N2O5. The summed E-state index contributed by atoms with van der Waals surface area (Å²) in [5, 5.41) is 11.6. The number of hydrogen-bond acceptors (Lipinski definition) is 4. The maximum Gasteiger partial charge on any atom is 0.407 e. The first-order chi connectivity index (χ1) is 16.5. The summed E-state index contributed by atoms with van der Waals surface area (Å²) in [6.45, 7) is 3.91. The fourth-order valence-electron chi connectivity index (χ4n) is 4.90. The van der Waals surface area contributed by atoms with Crippen LogP contribution in [-0.2, 0) is 14.3 Å². The number of likely N-dealkylation sites (tertiary alicyclic amines) is 1. The molecule has 1 aliphatic heterocycles. The molecule has 4 rings (SSSR count). The molecule has 0 spiro atoms. The Morgan fingerprint density at radius 3 is 2.26 bits per heavy atom. The predicted molar refractivity (Wildman–Crippen MR) is 128 cm³/mol. The average molecular weight is 465 g/mol. The number of nitrogens with zero attached hydrogens (tertiary/aromatic N) is 1. The van der Waals surface area contributed by atoms with Gasteiger partial charge in [-0.2, -0.15) is 0 Å². The number of rotatable bonds is 10.